The van der Waals surface area contributed by atoms with Crippen LogP contribution in [0.15, 0.2) is 36.3 Å². The van der Waals surface area contributed by atoms with Gasteiger partial charge in [0.1, 0.15) is 0 Å². The summed E-state index contributed by atoms with van der Waals surface area (Å²) in [7, 11) is 0. The van der Waals surface area contributed by atoms with Crippen LogP contribution in [0, 0.1) is 10.1 Å². The molecule has 2 rings (SSSR count). The predicted octanol–water partition coefficient (Wildman–Crippen LogP) is 2.02. The molecule has 1 aromatic carbocycles. The normalized spacial score (nSPS) is 19.5. The molecule has 1 atom stereocenters. The van der Waals surface area contributed by atoms with Crippen LogP contribution in [0.3, 0.4) is 0 Å². The van der Waals surface area contributed by atoms with Crippen molar-refractivity contribution in [2.75, 3.05) is 5.06 Å². The summed E-state index contributed by atoms with van der Waals surface area (Å²) in [6.07, 6.45) is 0.704. The van der Waals surface area contributed by atoms with Gasteiger partial charge in [0.15, 0.2) is 5.83 Å². The monoisotopic (exact) mass is 210 g/mol. The number of anilines is 1. The molecule has 1 aliphatic heterocycles. The summed E-state index contributed by atoms with van der Waals surface area (Å²) in [5.74, 6) is -0.985. The van der Waals surface area contributed by atoms with Gasteiger partial charge in [-0.25, -0.2) is 9.45 Å². The minimum Gasteiger partial charge on any atom is -0.284 e. The Morgan fingerprint density at radius 1 is 1.47 bits per heavy atom. The number of nitrogens with zero attached hydrogens (tertiary/aromatic N) is 2. The molecular formula is C9H7FN2O3. The first kappa shape index (κ1) is 9.60. The largest absolute Gasteiger partial charge is 0.292 e. The fourth-order valence-electron chi connectivity index (χ4n) is 1.55. The van der Waals surface area contributed by atoms with Gasteiger partial charge in [-0.3, -0.25) is 15.3 Å². The standard InChI is InChI=1S/C9H7FN2O3/c10-7-5-11(13)8-4-2-1-3-6(8)9(7)12(14)15/h1-5,9,13H/t9-/m1/s1. The number of para-hydroxylation sites is 1. The third kappa shape index (κ3) is 1.44. The Labute approximate surface area is 84.2 Å². The van der Waals surface area contributed by atoms with E-state index in [0.29, 0.717) is 11.3 Å². The predicted molar refractivity (Wildman–Crippen MR) is 49.6 cm³/mol. The van der Waals surface area contributed by atoms with Crippen molar-refractivity contribution in [1.29, 1.82) is 0 Å². The van der Waals surface area contributed by atoms with Gasteiger partial charge >= 0.3 is 0 Å². The lowest BCUT2D eigenvalue weighted by molar-refractivity contribution is -0.521. The van der Waals surface area contributed by atoms with E-state index in [1.807, 2.05) is 0 Å². The minimum absolute atomic E-state index is 0.144. The highest BCUT2D eigenvalue weighted by Gasteiger charge is 2.35. The number of rotatable bonds is 1. The molecule has 5 nitrogen and oxygen atoms in total. The molecule has 1 heterocycles. The number of halogens is 1. The second-order valence-electron chi connectivity index (χ2n) is 3.11. The Hall–Kier alpha value is -1.95. The van der Waals surface area contributed by atoms with Crippen molar-refractivity contribution >= 4 is 5.69 Å². The van der Waals surface area contributed by atoms with Crippen LogP contribution in [0.1, 0.15) is 11.6 Å². The molecular weight excluding hydrogens is 203 g/mol. The molecule has 1 aromatic rings. The van der Waals surface area contributed by atoms with Crippen LogP contribution in [0.25, 0.3) is 0 Å². The molecule has 0 aliphatic carbocycles. The number of hydroxylamine groups is 1. The van der Waals surface area contributed by atoms with Crippen molar-refractivity contribution < 1.29 is 14.5 Å². The summed E-state index contributed by atoms with van der Waals surface area (Å²) >= 11 is 0. The Morgan fingerprint density at radius 3 is 2.80 bits per heavy atom. The first-order valence-corrected chi connectivity index (χ1v) is 4.19. The van der Waals surface area contributed by atoms with Crippen LogP contribution >= 0.6 is 0 Å². The number of hydrogen-bond donors (Lipinski definition) is 1. The van der Waals surface area contributed by atoms with E-state index in [4.69, 9.17) is 0 Å². The Bertz CT molecular complexity index is 447. The van der Waals surface area contributed by atoms with Gasteiger partial charge in [-0.2, -0.15) is 0 Å². The fraction of sp³-hybridized carbons (Fsp3) is 0.111. The summed E-state index contributed by atoms with van der Waals surface area (Å²) in [5.41, 5.74) is 0.366. The maximum absolute atomic E-state index is 13.2. The number of fused-ring (bicyclic) bond motifs is 1. The summed E-state index contributed by atoms with van der Waals surface area (Å²) < 4.78 is 13.2. The Morgan fingerprint density at radius 2 is 2.13 bits per heavy atom. The summed E-state index contributed by atoms with van der Waals surface area (Å²) in [4.78, 5) is 9.93. The molecule has 6 heteroatoms. The second-order valence-corrected chi connectivity index (χ2v) is 3.11. The van der Waals surface area contributed by atoms with E-state index in [2.05, 4.69) is 0 Å². The van der Waals surface area contributed by atoms with Crippen molar-refractivity contribution in [3.63, 3.8) is 0 Å². The molecule has 78 valence electrons. The van der Waals surface area contributed by atoms with Crippen molar-refractivity contribution in [3.05, 3.63) is 52.0 Å². The second kappa shape index (κ2) is 3.32. The molecule has 1 aliphatic rings. The van der Waals surface area contributed by atoms with Crippen LogP contribution < -0.4 is 5.06 Å². The van der Waals surface area contributed by atoms with Crippen molar-refractivity contribution in [3.8, 4) is 0 Å². The molecule has 0 saturated carbocycles. The van der Waals surface area contributed by atoms with Crippen LogP contribution in [-0.2, 0) is 0 Å². The minimum atomic E-state index is -1.52. The average Bonchev–Trinajstić information content (AvgIpc) is 2.17. The smallest absolute Gasteiger partial charge is 0.284 e. The quantitative estimate of drug-likeness (QED) is 0.568. The van der Waals surface area contributed by atoms with Gasteiger partial charge in [0.25, 0.3) is 6.04 Å². The lowest BCUT2D eigenvalue weighted by atomic mass is 10.0. The van der Waals surface area contributed by atoms with Crippen LogP contribution in [0.4, 0.5) is 10.1 Å². The van der Waals surface area contributed by atoms with Gasteiger partial charge in [0, 0.05) is 4.92 Å². The van der Waals surface area contributed by atoms with E-state index in [1.54, 1.807) is 12.1 Å². The topological polar surface area (TPSA) is 66.6 Å². The molecule has 0 unspecified atom stereocenters. The molecule has 0 spiro atoms. The first-order valence-electron chi connectivity index (χ1n) is 4.19. The van der Waals surface area contributed by atoms with E-state index in [1.165, 1.54) is 12.1 Å². The van der Waals surface area contributed by atoms with E-state index >= 15 is 0 Å². The molecule has 0 aromatic heterocycles. The summed E-state index contributed by atoms with van der Waals surface area (Å²) in [6, 6.07) is 4.54. The van der Waals surface area contributed by atoms with Crippen molar-refractivity contribution in [1.82, 2.24) is 0 Å². The lowest BCUT2D eigenvalue weighted by Gasteiger charge is -2.22. The third-order valence-corrected chi connectivity index (χ3v) is 2.20. The zero-order valence-electron chi connectivity index (χ0n) is 7.50. The highest BCUT2D eigenvalue weighted by atomic mass is 19.1. The van der Waals surface area contributed by atoms with Crippen molar-refractivity contribution in [2.45, 2.75) is 6.04 Å². The third-order valence-electron chi connectivity index (χ3n) is 2.20. The molecule has 0 fully saturated rings. The average molecular weight is 210 g/mol. The molecule has 0 bridgehead atoms. The fourth-order valence-corrected chi connectivity index (χ4v) is 1.55. The molecule has 0 radical (unpaired) electrons. The Balaban J connectivity index is 2.58. The molecule has 15 heavy (non-hydrogen) atoms. The number of nitro groups is 1. The number of hydrogen-bond acceptors (Lipinski definition) is 4. The van der Waals surface area contributed by atoms with Crippen LogP contribution in [-0.4, -0.2) is 10.1 Å². The SMILES string of the molecule is O=[N+]([O-])[C@H]1C(F)=CN(O)c2ccccc21. The van der Waals surface area contributed by atoms with Gasteiger partial charge in [-0.05, 0) is 12.1 Å². The zero-order valence-corrected chi connectivity index (χ0v) is 7.50. The maximum atomic E-state index is 13.2. The van der Waals surface area contributed by atoms with Crippen LogP contribution in [0.2, 0.25) is 0 Å². The molecule has 0 amide bonds. The van der Waals surface area contributed by atoms with Gasteiger partial charge in [0.2, 0.25) is 0 Å². The van der Waals surface area contributed by atoms with Gasteiger partial charge in [0.05, 0.1) is 17.5 Å². The Kier molecular flexibility index (Phi) is 2.12. The van der Waals surface area contributed by atoms with Crippen molar-refractivity contribution in [2.24, 2.45) is 0 Å². The summed E-state index contributed by atoms with van der Waals surface area (Å²) in [5, 5.41) is 20.5. The van der Waals surface area contributed by atoms with E-state index in [0.717, 1.165) is 0 Å². The number of benzene rings is 1. The van der Waals surface area contributed by atoms with Gasteiger partial charge < -0.3 is 0 Å². The maximum Gasteiger partial charge on any atom is 0.292 e. The van der Waals surface area contributed by atoms with E-state index in [-0.39, 0.29) is 11.3 Å². The zero-order chi connectivity index (χ0) is 11.0. The van der Waals surface area contributed by atoms with Crippen LogP contribution in [0.5, 0.6) is 0 Å². The van der Waals surface area contributed by atoms with E-state index < -0.39 is 16.8 Å². The molecule has 1 N–H and O–H groups in total. The summed E-state index contributed by atoms with van der Waals surface area (Å²) in [6.45, 7) is 0. The van der Waals surface area contributed by atoms with E-state index in [9.17, 15) is 19.7 Å². The van der Waals surface area contributed by atoms with Gasteiger partial charge in [-0.15, -0.1) is 0 Å². The highest BCUT2D eigenvalue weighted by molar-refractivity contribution is 5.58. The molecule has 0 saturated heterocycles. The lowest BCUT2D eigenvalue weighted by Crippen LogP contribution is -2.23. The first-order chi connectivity index (χ1) is 7.11. The highest BCUT2D eigenvalue weighted by Crippen LogP contribution is 2.37. The van der Waals surface area contributed by atoms with Gasteiger partial charge in [-0.1, -0.05) is 12.1 Å².